The average Bonchev–Trinajstić information content (AvgIpc) is 3.52. The van der Waals surface area contributed by atoms with Crippen LogP contribution >= 0.6 is 11.6 Å². The molecule has 0 atom stereocenters. The van der Waals surface area contributed by atoms with Gasteiger partial charge in [-0.05, 0) is 42.7 Å². The second kappa shape index (κ2) is 8.49. The quantitative estimate of drug-likeness (QED) is 0.609. The minimum Gasteiger partial charge on any atom is -0.351 e. The molecular formula is C22H21ClN4O2. The van der Waals surface area contributed by atoms with Crippen LogP contribution in [0.1, 0.15) is 30.1 Å². The molecule has 1 N–H and O–H groups in total. The zero-order valence-electron chi connectivity index (χ0n) is 15.8. The molecule has 0 bridgehead atoms. The van der Waals surface area contributed by atoms with Gasteiger partial charge in [-0.25, -0.2) is 14.0 Å². The number of carbonyl (C=O) groups excluding carboxylic acids is 1. The van der Waals surface area contributed by atoms with Crippen molar-refractivity contribution in [2.24, 2.45) is 0 Å². The molecule has 29 heavy (non-hydrogen) atoms. The summed E-state index contributed by atoms with van der Waals surface area (Å²) in [6.45, 7) is 0.617. The molecule has 148 valence electrons. The maximum absolute atomic E-state index is 12.9. The molecule has 6 nitrogen and oxygen atoms in total. The molecule has 3 aromatic rings. The Labute approximate surface area is 173 Å². The van der Waals surface area contributed by atoms with Crippen LogP contribution in [0.15, 0.2) is 65.5 Å². The first-order valence-corrected chi connectivity index (χ1v) is 9.97. The Morgan fingerprint density at radius 2 is 1.86 bits per heavy atom. The lowest BCUT2D eigenvalue weighted by Gasteiger charge is -2.03. The molecule has 0 unspecified atom stereocenters. The molecule has 4 rings (SSSR count). The molecule has 2 aromatic carbocycles. The van der Waals surface area contributed by atoms with Crippen molar-refractivity contribution in [3.05, 3.63) is 87.6 Å². The van der Waals surface area contributed by atoms with E-state index in [1.165, 1.54) is 10.8 Å². The van der Waals surface area contributed by atoms with Crippen molar-refractivity contribution < 1.29 is 4.79 Å². The highest BCUT2D eigenvalue weighted by molar-refractivity contribution is 6.32. The third-order valence-electron chi connectivity index (χ3n) is 4.76. The number of nitrogens with zero attached hydrogens (tertiary/aromatic N) is 3. The Bertz CT molecular complexity index is 1100. The molecule has 1 aromatic heterocycles. The normalized spacial score (nSPS) is 13.7. The topological polar surface area (TPSA) is 68.9 Å². The Morgan fingerprint density at radius 1 is 1.14 bits per heavy atom. The number of hydrogen-bond acceptors (Lipinski definition) is 3. The van der Waals surface area contributed by atoms with Gasteiger partial charge in [0.1, 0.15) is 5.82 Å². The number of amides is 1. The van der Waals surface area contributed by atoms with Gasteiger partial charge in [-0.3, -0.25) is 4.79 Å². The van der Waals surface area contributed by atoms with Gasteiger partial charge in [-0.2, -0.15) is 5.10 Å². The summed E-state index contributed by atoms with van der Waals surface area (Å²) in [5.74, 6) is 0.881. The molecule has 1 fully saturated rings. The molecule has 0 spiro atoms. The van der Waals surface area contributed by atoms with Crippen LogP contribution < -0.4 is 11.0 Å². The van der Waals surface area contributed by atoms with Crippen LogP contribution in [0.25, 0.3) is 11.8 Å². The number of para-hydroxylation sites is 1. The maximum Gasteiger partial charge on any atom is 0.350 e. The summed E-state index contributed by atoms with van der Waals surface area (Å²) in [6.07, 6.45) is 5.20. The van der Waals surface area contributed by atoms with Gasteiger partial charge in [0.25, 0.3) is 0 Å². The van der Waals surface area contributed by atoms with E-state index in [-0.39, 0.29) is 11.6 Å². The molecule has 1 heterocycles. The molecule has 0 aliphatic heterocycles. The number of hydrogen-bond donors (Lipinski definition) is 1. The highest BCUT2D eigenvalue weighted by Gasteiger charge is 2.31. The number of nitrogens with one attached hydrogen (secondary N) is 1. The molecule has 0 saturated heterocycles. The van der Waals surface area contributed by atoms with E-state index in [2.05, 4.69) is 10.4 Å². The van der Waals surface area contributed by atoms with Crippen LogP contribution in [0.5, 0.6) is 0 Å². The first-order valence-electron chi connectivity index (χ1n) is 9.59. The van der Waals surface area contributed by atoms with Crippen molar-refractivity contribution in [3.8, 4) is 5.69 Å². The minimum atomic E-state index is -0.247. The zero-order valence-corrected chi connectivity index (χ0v) is 16.5. The van der Waals surface area contributed by atoms with Gasteiger partial charge in [-0.1, -0.05) is 48.0 Å². The average molecular weight is 409 g/mol. The van der Waals surface area contributed by atoms with Crippen molar-refractivity contribution in [2.75, 3.05) is 6.54 Å². The predicted molar refractivity (Wildman–Crippen MR) is 113 cm³/mol. The fraction of sp³-hybridized carbons (Fsp3) is 0.227. The molecule has 7 heteroatoms. The van der Waals surface area contributed by atoms with E-state index in [0.29, 0.717) is 24.0 Å². The van der Waals surface area contributed by atoms with Crippen LogP contribution in [-0.4, -0.2) is 26.8 Å². The van der Waals surface area contributed by atoms with Gasteiger partial charge in [0.15, 0.2) is 0 Å². The first kappa shape index (κ1) is 19.2. The van der Waals surface area contributed by atoms with E-state index in [1.807, 2.05) is 48.5 Å². The van der Waals surface area contributed by atoms with Crippen LogP contribution in [0.3, 0.4) is 0 Å². The van der Waals surface area contributed by atoms with Crippen molar-refractivity contribution >= 4 is 23.6 Å². The van der Waals surface area contributed by atoms with E-state index < -0.39 is 0 Å². The maximum atomic E-state index is 12.9. The number of aromatic nitrogens is 3. The van der Waals surface area contributed by atoms with Crippen molar-refractivity contribution in [1.29, 1.82) is 0 Å². The molecule has 1 aliphatic rings. The van der Waals surface area contributed by atoms with Gasteiger partial charge < -0.3 is 5.32 Å². The second-order valence-corrected chi connectivity index (χ2v) is 7.36. The highest BCUT2D eigenvalue weighted by atomic mass is 35.5. The standard InChI is InChI=1S/C22H21ClN4O2/c23-19-9-5-4-6-16(19)12-13-20(28)24-14-15-26-22(29)27(18-7-2-1-3-8-18)21(25-26)17-10-11-17/h1-9,12-13,17H,10-11,14-15H2,(H,24,28). The third-order valence-corrected chi connectivity index (χ3v) is 5.11. The van der Waals surface area contributed by atoms with E-state index >= 15 is 0 Å². The molecular weight excluding hydrogens is 388 g/mol. The molecule has 0 radical (unpaired) electrons. The molecule has 1 aliphatic carbocycles. The third kappa shape index (κ3) is 4.49. The van der Waals surface area contributed by atoms with Gasteiger partial charge in [0, 0.05) is 23.6 Å². The molecule has 1 saturated carbocycles. The van der Waals surface area contributed by atoms with Crippen molar-refractivity contribution in [3.63, 3.8) is 0 Å². The molecule has 1 amide bonds. The second-order valence-electron chi connectivity index (χ2n) is 6.96. The number of rotatable bonds is 7. The predicted octanol–water partition coefficient (Wildman–Crippen LogP) is 3.39. The summed E-state index contributed by atoms with van der Waals surface area (Å²) >= 11 is 6.08. The van der Waals surface area contributed by atoms with Gasteiger partial charge >= 0.3 is 5.69 Å². The largest absolute Gasteiger partial charge is 0.351 e. The summed E-state index contributed by atoms with van der Waals surface area (Å²) in [4.78, 5) is 24.9. The number of halogens is 1. The lowest BCUT2D eigenvalue weighted by atomic mass is 10.2. The smallest absolute Gasteiger partial charge is 0.350 e. The minimum absolute atomic E-state index is 0.182. The van der Waals surface area contributed by atoms with E-state index in [9.17, 15) is 9.59 Å². The van der Waals surface area contributed by atoms with Crippen LogP contribution in [-0.2, 0) is 11.3 Å². The van der Waals surface area contributed by atoms with Gasteiger partial charge in [0.05, 0.1) is 12.2 Å². The zero-order chi connectivity index (χ0) is 20.2. The monoisotopic (exact) mass is 408 g/mol. The summed E-state index contributed by atoms with van der Waals surface area (Å²) in [6, 6.07) is 16.8. The lowest BCUT2D eigenvalue weighted by molar-refractivity contribution is -0.116. The Hall–Kier alpha value is -3.12. The van der Waals surface area contributed by atoms with Gasteiger partial charge in [-0.15, -0.1) is 0 Å². The highest BCUT2D eigenvalue weighted by Crippen LogP contribution is 2.39. The summed E-state index contributed by atoms with van der Waals surface area (Å²) in [5.41, 5.74) is 1.41. The fourth-order valence-electron chi connectivity index (χ4n) is 3.12. The lowest BCUT2D eigenvalue weighted by Crippen LogP contribution is -2.31. The van der Waals surface area contributed by atoms with Crippen LogP contribution in [0, 0.1) is 0 Å². The number of carbonyl (C=O) groups is 1. The summed E-state index contributed by atoms with van der Waals surface area (Å²) in [5, 5.41) is 7.90. The fourth-order valence-corrected chi connectivity index (χ4v) is 3.31. The summed E-state index contributed by atoms with van der Waals surface area (Å²) < 4.78 is 3.11. The first-order chi connectivity index (χ1) is 14.1. The van der Waals surface area contributed by atoms with E-state index in [1.54, 1.807) is 16.7 Å². The number of benzene rings is 2. The Morgan fingerprint density at radius 3 is 2.59 bits per heavy atom. The van der Waals surface area contributed by atoms with Gasteiger partial charge in [0.2, 0.25) is 5.91 Å². The van der Waals surface area contributed by atoms with Crippen molar-refractivity contribution in [1.82, 2.24) is 19.7 Å². The Balaban J connectivity index is 1.42. The SMILES string of the molecule is O=C(C=Cc1ccccc1Cl)NCCn1nc(C2CC2)n(-c2ccccc2)c1=O. The van der Waals surface area contributed by atoms with E-state index in [4.69, 9.17) is 11.6 Å². The van der Waals surface area contributed by atoms with Crippen LogP contribution in [0.2, 0.25) is 5.02 Å². The van der Waals surface area contributed by atoms with Crippen LogP contribution in [0.4, 0.5) is 0 Å². The van der Waals surface area contributed by atoms with E-state index in [0.717, 1.165) is 29.9 Å². The Kier molecular flexibility index (Phi) is 5.62. The summed E-state index contributed by atoms with van der Waals surface area (Å²) in [7, 11) is 0. The van der Waals surface area contributed by atoms with Crippen molar-refractivity contribution in [2.45, 2.75) is 25.3 Å².